The number of rotatable bonds is 3. The van der Waals surface area contributed by atoms with Crippen LogP contribution in [-0.4, -0.2) is 31.8 Å². The fraction of sp³-hybridized carbons (Fsp3) is 0.250. The Balaban J connectivity index is 2.22. The molecule has 1 N–H and O–H groups in total. The largest absolute Gasteiger partial charge is 0.314 e. The van der Waals surface area contributed by atoms with Crippen LogP contribution in [0, 0.1) is 0 Å². The average molecular weight is 190 g/mol. The average Bonchev–Trinajstić information content (AvgIpc) is 2.72. The topological polar surface area (TPSA) is 68.5 Å². The van der Waals surface area contributed by atoms with E-state index in [1.54, 1.807) is 23.4 Å². The SMILES string of the molecule is CNCc1cnc(-n2cncn2)cn1. The van der Waals surface area contributed by atoms with Gasteiger partial charge in [0.25, 0.3) is 0 Å². The second-order valence-electron chi connectivity index (χ2n) is 2.74. The number of hydrogen-bond acceptors (Lipinski definition) is 5. The van der Waals surface area contributed by atoms with E-state index in [0.717, 1.165) is 5.69 Å². The highest BCUT2D eigenvalue weighted by Gasteiger charge is 1.98. The Morgan fingerprint density at radius 3 is 2.86 bits per heavy atom. The van der Waals surface area contributed by atoms with Crippen molar-refractivity contribution >= 4 is 0 Å². The Kier molecular flexibility index (Phi) is 2.46. The highest BCUT2D eigenvalue weighted by atomic mass is 15.3. The van der Waals surface area contributed by atoms with Crippen LogP contribution in [0.25, 0.3) is 5.82 Å². The van der Waals surface area contributed by atoms with Crippen molar-refractivity contribution in [1.29, 1.82) is 0 Å². The Labute approximate surface area is 81.0 Å². The molecule has 0 unspecified atom stereocenters. The summed E-state index contributed by atoms with van der Waals surface area (Å²) >= 11 is 0. The van der Waals surface area contributed by atoms with E-state index in [0.29, 0.717) is 12.4 Å². The highest BCUT2D eigenvalue weighted by Crippen LogP contribution is 1.99. The van der Waals surface area contributed by atoms with Gasteiger partial charge in [0, 0.05) is 6.54 Å². The zero-order valence-corrected chi connectivity index (χ0v) is 7.75. The van der Waals surface area contributed by atoms with Crippen LogP contribution in [0.5, 0.6) is 0 Å². The van der Waals surface area contributed by atoms with E-state index in [2.05, 4.69) is 25.4 Å². The van der Waals surface area contributed by atoms with Crippen LogP contribution in [0.3, 0.4) is 0 Å². The number of nitrogens with one attached hydrogen (secondary N) is 1. The van der Waals surface area contributed by atoms with Crippen molar-refractivity contribution in [2.75, 3.05) is 7.05 Å². The van der Waals surface area contributed by atoms with Crippen LogP contribution in [0.1, 0.15) is 5.69 Å². The molecule has 0 saturated heterocycles. The lowest BCUT2D eigenvalue weighted by molar-refractivity contribution is 0.769. The second kappa shape index (κ2) is 3.93. The Morgan fingerprint density at radius 1 is 1.36 bits per heavy atom. The Morgan fingerprint density at radius 2 is 2.29 bits per heavy atom. The zero-order chi connectivity index (χ0) is 9.80. The first-order valence-corrected chi connectivity index (χ1v) is 4.20. The fourth-order valence-electron chi connectivity index (χ4n) is 1.07. The molecule has 0 aliphatic carbocycles. The quantitative estimate of drug-likeness (QED) is 0.724. The summed E-state index contributed by atoms with van der Waals surface area (Å²) in [5.41, 5.74) is 0.899. The normalized spacial score (nSPS) is 10.4. The third kappa shape index (κ3) is 1.74. The molecule has 6 nitrogen and oxygen atoms in total. The van der Waals surface area contributed by atoms with Gasteiger partial charge in [0.2, 0.25) is 0 Å². The van der Waals surface area contributed by atoms with Gasteiger partial charge in [-0.1, -0.05) is 0 Å². The maximum Gasteiger partial charge on any atom is 0.173 e. The van der Waals surface area contributed by atoms with Crippen molar-refractivity contribution in [2.45, 2.75) is 6.54 Å². The molecule has 6 heteroatoms. The van der Waals surface area contributed by atoms with Gasteiger partial charge in [0.1, 0.15) is 12.7 Å². The molecule has 2 heterocycles. The fourth-order valence-corrected chi connectivity index (χ4v) is 1.07. The summed E-state index contributed by atoms with van der Waals surface area (Å²) in [6.45, 7) is 0.713. The minimum atomic E-state index is 0.669. The predicted molar refractivity (Wildman–Crippen MR) is 49.7 cm³/mol. The summed E-state index contributed by atoms with van der Waals surface area (Å²) < 4.78 is 1.57. The summed E-state index contributed by atoms with van der Waals surface area (Å²) in [5, 5.41) is 6.95. The van der Waals surface area contributed by atoms with Crippen LogP contribution < -0.4 is 5.32 Å². The van der Waals surface area contributed by atoms with Gasteiger partial charge >= 0.3 is 0 Å². The van der Waals surface area contributed by atoms with Crippen molar-refractivity contribution < 1.29 is 0 Å². The zero-order valence-electron chi connectivity index (χ0n) is 7.75. The van der Waals surface area contributed by atoms with Gasteiger partial charge < -0.3 is 5.32 Å². The lowest BCUT2D eigenvalue weighted by Crippen LogP contribution is -2.08. The van der Waals surface area contributed by atoms with E-state index in [1.807, 2.05) is 7.05 Å². The summed E-state index contributed by atoms with van der Waals surface area (Å²) in [7, 11) is 1.87. The molecule has 0 aliphatic rings. The Hall–Kier alpha value is -1.82. The molecule has 2 rings (SSSR count). The van der Waals surface area contributed by atoms with E-state index in [4.69, 9.17) is 0 Å². The summed E-state index contributed by atoms with van der Waals surface area (Å²) in [6.07, 6.45) is 6.43. The molecule has 0 saturated carbocycles. The van der Waals surface area contributed by atoms with Gasteiger partial charge in [-0.3, -0.25) is 4.98 Å². The van der Waals surface area contributed by atoms with Crippen molar-refractivity contribution in [2.24, 2.45) is 0 Å². The van der Waals surface area contributed by atoms with Crippen molar-refractivity contribution in [1.82, 2.24) is 30.0 Å². The molecule has 0 bridgehead atoms. The molecule has 2 aromatic heterocycles. The molecule has 0 spiro atoms. The maximum absolute atomic E-state index is 4.21. The summed E-state index contributed by atoms with van der Waals surface area (Å²) in [4.78, 5) is 12.2. The molecule has 0 aliphatic heterocycles. The van der Waals surface area contributed by atoms with Crippen LogP contribution in [0.2, 0.25) is 0 Å². The van der Waals surface area contributed by atoms with E-state index in [9.17, 15) is 0 Å². The Bertz CT molecular complexity index is 379. The van der Waals surface area contributed by atoms with Gasteiger partial charge in [-0.05, 0) is 7.05 Å². The highest BCUT2D eigenvalue weighted by molar-refractivity contribution is 5.15. The van der Waals surface area contributed by atoms with E-state index in [1.165, 1.54) is 6.33 Å². The second-order valence-corrected chi connectivity index (χ2v) is 2.74. The van der Waals surface area contributed by atoms with E-state index < -0.39 is 0 Å². The van der Waals surface area contributed by atoms with Gasteiger partial charge in [-0.25, -0.2) is 14.6 Å². The monoisotopic (exact) mass is 190 g/mol. The molecule has 0 radical (unpaired) electrons. The summed E-state index contributed by atoms with van der Waals surface area (Å²) in [5.74, 6) is 0.669. The molecule has 14 heavy (non-hydrogen) atoms. The molecule has 0 fully saturated rings. The van der Waals surface area contributed by atoms with E-state index >= 15 is 0 Å². The lowest BCUT2D eigenvalue weighted by atomic mass is 10.4. The van der Waals surface area contributed by atoms with Crippen LogP contribution in [0.4, 0.5) is 0 Å². The first-order valence-electron chi connectivity index (χ1n) is 4.20. The van der Waals surface area contributed by atoms with Crippen molar-refractivity contribution in [3.63, 3.8) is 0 Å². The summed E-state index contributed by atoms with van der Waals surface area (Å²) in [6, 6.07) is 0. The molecular formula is C8H10N6. The van der Waals surface area contributed by atoms with Gasteiger partial charge in [0.05, 0.1) is 18.1 Å². The van der Waals surface area contributed by atoms with Gasteiger partial charge in [-0.15, -0.1) is 0 Å². The van der Waals surface area contributed by atoms with Gasteiger partial charge in [-0.2, -0.15) is 5.10 Å². The molecule has 0 aromatic carbocycles. The lowest BCUT2D eigenvalue weighted by Gasteiger charge is -2.00. The van der Waals surface area contributed by atoms with Crippen molar-refractivity contribution in [3.05, 3.63) is 30.7 Å². The number of aromatic nitrogens is 5. The molecule has 72 valence electrons. The first kappa shape index (κ1) is 8.76. The predicted octanol–water partition coefficient (Wildman–Crippen LogP) is -0.223. The van der Waals surface area contributed by atoms with Crippen LogP contribution in [0.15, 0.2) is 25.0 Å². The van der Waals surface area contributed by atoms with Crippen LogP contribution >= 0.6 is 0 Å². The molecular weight excluding hydrogens is 180 g/mol. The smallest absolute Gasteiger partial charge is 0.173 e. The minimum absolute atomic E-state index is 0.669. The maximum atomic E-state index is 4.21. The molecule has 0 atom stereocenters. The number of hydrogen-bond donors (Lipinski definition) is 1. The van der Waals surface area contributed by atoms with Gasteiger partial charge in [0.15, 0.2) is 5.82 Å². The standard InChI is InChI=1S/C8H10N6/c1-9-2-7-3-12-8(4-11-7)14-6-10-5-13-14/h3-6,9H,2H2,1H3. The van der Waals surface area contributed by atoms with Crippen LogP contribution in [-0.2, 0) is 6.54 Å². The molecule has 2 aromatic rings. The third-order valence-corrected chi connectivity index (χ3v) is 1.70. The first-order chi connectivity index (χ1) is 6.90. The third-order valence-electron chi connectivity index (χ3n) is 1.70. The minimum Gasteiger partial charge on any atom is -0.314 e. The van der Waals surface area contributed by atoms with E-state index in [-0.39, 0.29) is 0 Å². The molecule has 0 amide bonds. The number of nitrogens with zero attached hydrogens (tertiary/aromatic N) is 5. The van der Waals surface area contributed by atoms with Crippen molar-refractivity contribution in [3.8, 4) is 5.82 Å².